The minimum atomic E-state index is 0.753. The van der Waals surface area contributed by atoms with Crippen LogP contribution >= 0.6 is 0 Å². The first kappa shape index (κ1) is 12.1. The molecule has 2 aromatic carbocycles. The Kier molecular flexibility index (Phi) is 3.41. The molecular weight excluding hydrogens is 236 g/mol. The second-order valence-electron chi connectivity index (χ2n) is 4.73. The number of ether oxygens (including phenoxy) is 2. The van der Waals surface area contributed by atoms with E-state index in [4.69, 9.17) is 9.47 Å². The maximum absolute atomic E-state index is 5.86. The first-order valence-corrected chi connectivity index (χ1v) is 6.87. The molecule has 98 valence electrons. The molecule has 19 heavy (non-hydrogen) atoms. The molecule has 0 aliphatic carbocycles. The summed E-state index contributed by atoms with van der Waals surface area (Å²) in [5.74, 6) is 1.98. The van der Waals surface area contributed by atoms with Gasteiger partial charge >= 0.3 is 0 Å². The van der Waals surface area contributed by atoms with Gasteiger partial charge in [0, 0.05) is 17.5 Å². The fourth-order valence-corrected chi connectivity index (χ4v) is 2.50. The normalized spacial score (nSPS) is 12.9. The van der Waals surface area contributed by atoms with Gasteiger partial charge in [-0.25, -0.2) is 0 Å². The van der Waals surface area contributed by atoms with Gasteiger partial charge in [-0.1, -0.05) is 37.3 Å². The Morgan fingerprint density at radius 1 is 1.05 bits per heavy atom. The third-order valence-electron chi connectivity index (χ3n) is 3.38. The van der Waals surface area contributed by atoms with E-state index in [1.165, 1.54) is 16.7 Å². The Hall–Kier alpha value is -1.96. The summed E-state index contributed by atoms with van der Waals surface area (Å²) >= 11 is 0. The SMILES string of the molecule is CCCOc1ccccc1-c1cccc2c1CCO2. The molecule has 0 saturated carbocycles. The number of para-hydroxylation sites is 1. The molecule has 0 aromatic heterocycles. The predicted octanol–water partition coefficient (Wildman–Crippen LogP) is 4.08. The van der Waals surface area contributed by atoms with Gasteiger partial charge in [0.2, 0.25) is 0 Å². The van der Waals surface area contributed by atoms with Crippen LogP contribution in [0.2, 0.25) is 0 Å². The molecule has 0 amide bonds. The van der Waals surface area contributed by atoms with Gasteiger partial charge < -0.3 is 9.47 Å². The molecule has 1 aliphatic heterocycles. The van der Waals surface area contributed by atoms with Crippen molar-refractivity contribution in [2.75, 3.05) is 13.2 Å². The van der Waals surface area contributed by atoms with Crippen LogP contribution in [-0.4, -0.2) is 13.2 Å². The van der Waals surface area contributed by atoms with E-state index < -0.39 is 0 Å². The number of benzene rings is 2. The van der Waals surface area contributed by atoms with E-state index >= 15 is 0 Å². The summed E-state index contributed by atoms with van der Waals surface area (Å²) in [6.07, 6.45) is 2.00. The van der Waals surface area contributed by atoms with Crippen LogP contribution in [0.15, 0.2) is 42.5 Å². The van der Waals surface area contributed by atoms with E-state index in [1.807, 2.05) is 18.2 Å². The fourth-order valence-electron chi connectivity index (χ4n) is 2.50. The Bertz CT molecular complexity index is 575. The maximum atomic E-state index is 5.86. The summed E-state index contributed by atoms with van der Waals surface area (Å²) in [6.45, 7) is 3.66. The third-order valence-corrected chi connectivity index (χ3v) is 3.38. The van der Waals surface area contributed by atoms with Gasteiger partial charge in [-0.15, -0.1) is 0 Å². The van der Waals surface area contributed by atoms with Crippen LogP contribution in [0.25, 0.3) is 11.1 Å². The number of hydrogen-bond acceptors (Lipinski definition) is 2. The lowest BCUT2D eigenvalue weighted by molar-refractivity contribution is 0.318. The van der Waals surface area contributed by atoms with Crippen LogP contribution in [-0.2, 0) is 6.42 Å². The zero-order valence-corrected chi connectivity index (χ0v) is 11.2. The molecule has 0 saturated heterocycles. The van der Waals surface area contributed by atoms with Crippen molar-refractivity contribution < 1.29 is 9.47 Å². The van der Waals surface area contributed by atoms with E-state index in [9.17, 15) is 0 Å². The van der Waals surface area contributed by atoms with Crippen molar-refractivity contribution in [3.63, 3.8) is 0 Å². The van der Waals surface area contributed by atoms with Crippen molar-refractivity contribution in [1.29, 1.82) is 0 Å². The second kappa shape index (κ2) is 5.35. The summed E-state index contributed by atoms with van der Waals surface area (Å²) in [5, 5.41) is 0. The molecule has 0 bridgehead atoms. The number of fused-ring (bicyclic) bond motifs is 1. The van der Waals surface area contributed by atoms with Crippen molar-refractivity contribution >= 4 is 0 Å². The van der Waals surface area contributed by atoms with E-state index in [1.54, 1.807) is 0 Å². The quantitative estimate of drug-likeness (QED) is 0.818. The maximum Gasteiger partial charge on any atom is 0.127 e. The Labute approximate surface area is 114 Å². The van der Waals surface area contributed by atoms with Crippen LogP contribution in [0.1, 0.15) is 18.9 Å². The van der Waals surface area contributed by atoms with Crippen molar-refractivity contribution in [1.82, 2.24) is 0 Å². The average Bonchev–Trinajstić information content (AvgIpc) is 2.94. The smallest absolute Gasteiger partial charge is 0.127 e. The first-order valence-electron chi connectivity index (χ1n) is 6.87. The van der Waals surface area contributed by atoms with E-state index in [2.05, 4.69) is 31.2 Å². The molecule has 2 heteroatoms. The van der Waals surface area contributed by atoms with Crippen LogP contribution in [0.3, 0.4) is 0 Å². The highest BCUT2D eigenvalue weighted by Crippen LogP contribution is 2.38. The lowest BCUT2D eigenvalue weighted by Gasteiger charge is -2.13. The molecule has 0 radical (unpaired) electrons. The molecule has 0 spiro atoms. The molecule has 2 nitrogen and oxygen atoms in total. The zero-order chi connectivity index (χ0) is 13.1. The minimum Gasteiger partial charge on any atom is -0.493 e. The molecule has 0 atom stereocenters. The fraction of sp³-hybridized carbons (Fsp3) is 0.294. The minimum absolute atomic E-state index is 0.753. The highest BCUT2D eigenvalue weighted by molar-refractivity contribution is 5.75. The van der Waals surface area contributed by atoms with Gasteiger partial charge in [0.05, 0.1) is 13.2 Å². The van der Waals surface area contributed by atoms with Crippen LogP contribution in [0, 0.1) is 0 Å². The monoisotopic (exact) mass is 254 g/mol. The van der Waals surface area contributed by atoms with Gasteiger partial charge in [-0.3, -0.25) is 0 Å². The van der Waals surface area contributed by atoms with Crippen LogP contribution in [0.5, 0.6) is 11.5 Å². The molecule has 1 heterocycles. The number of hydrogen-bond donors (Lipinski definition) is 0. The van der Waals surface area contributed by atoms with Gasteiger partial charge in [-0.05, 0) is 24.1 Å². The van der Waals surface area contributed by atoms with E-state index in [-0.39, 0.29) is 0 Å². The van der Waals surface area contributed by atoms with E-state index in [0.29, 0.717) is 0 Å². The van der Waals surface area contributed by atoms with Gasteiger partial charge in [0.25, 0.3) is 0 Å². The topological polar surface area (TPSA) is 18.5 Å². The van der Waals surface area contributed by atoms with Crippen molar-refractivity contribution in [2.45, 2.75) is 19.8 Å². The molecule has 0 fully saturated rings. The standard InChI is InChI=1S/C17H18O2/c1-2-11-18-16-8-4-3-6-14(16)13-7-5-9-17-15(13)10-12-19-17/h3-9H,2,10-12H2,1H3. The summed E-state index contributed by atoms with van der Waals surface area (Å²) in [5.41, 5.74) is 3.70. The lowest BCUT2D eigenvalue weighted by Crippen LogP contribution is -1.97. The van der Waals surface area contributed by atoms with Crippen LogP contribution < -0.4 is 9.47 Å². The first-order chi connectivity index (χ1) is 9.40. The summed E-state index contributed by atoms with van der Waals surface area (Å²) in [6, 6.07) is 14.5. The van der Waals surface area contributed by atoms with Crippen molar-refractivity contribution in [3.05, 3.63) is 48.0 Å². The molecule has 1 aliphatic rings. The molecular formula is C17H18O2. The molecule has 0 unspecified atom stereocenters. The highest BCUT2D eigenvalue weighted by atomic mass is 16.5. The molecule has 3 rings (SSSR count). The van der Waals surface area contributed by atoms with Gasteiger partial charge in [-0.2, -0.15) is 0 Å². The lowest BCUT2D eigenvalue weighted by atomic mass is 9.97. The highest BCUT2D eigenvalue weighted by Gasteiger charge is 2.18. The number of rotatable bonds is 4. The van der Waals surface area contributed by atoms with E-state index in [0.717, 1.165) is 37.6 Å². The Morgan fingerprint density at radius 2 is 1.89 bits per heavy atom. The third kappa shape index (κ3) is 2.30. The summed E-state index contributed by atoms with van der Waals surface area (Å²) in [7, 11) is 0. The van der Waals surface area contributed by atoms with Gasteiger partial charge in [0.1, 0.15) is 11.5 Å². The van der Waals surface area contributed by atoms with Crippen LogP contribution in [0.4, 0.5) is 0 Å². The Balaban J connectivity index is 2.05. The molecule has 2 aromatic rings. The van der Waals surface area contributed by atoms with Crippen molar-refractivity contribution in [2.24, 2.45) is 0 Å². The average molecular weight is 254 g/mol. The second-order valence-corrected chi connectivity index (χ2v) is 4.73. The summed E-state index contributed by atoms with van der Waals surface area (Å²) in [4.78, 5) is 0. The predicted molar refractivity (Wildman–Crippen MR) is 76.9 cm³/mol. The zero-order valence-electron chi connectivity index (χ0n) is 11.2. The van der Waals surface area contributed by atoms with Gasteiger partial charge in [0.15, 0.2) is 0 Å². The largest absolute Gasteiger partial charge is 0.493 e. The summed E-state index contributed by atoms with van der Waals surface area (Å²) < 4.78 is 11.5. The Morgan fingerprint density at radius 3 is 2.79 bits per heavy atom. The van der Waals surface area contributed by atoms with Crippen molar-refractivity contribution in [3.8, 4) is 22.6 Å². The molecule has 0 N–H and O–H groups in total.